The Morgan fingerprint density at radius 3 is 2.44 bits per heavy atom. The highest BCUT2D eigenvalue weighted by Crippen LogP contribution is 2.38. The summed E-state index contributed by atoms with van der Waals surface area (Å²) >= 11 is 6.05. The molecule has 2 atom stereocenters. The van der Waals surface area contributed by atoms with E-state index in [1.54, 1.807) is 19.1 Å². The van der Waals surface area contributed by atoms with Crippen LogP contribution in [0.5, 0.6) is 5.75 Å². The number of carbonyl (C=O) groups is 3. The number of carbonyl (C=O) groups excluding carboxylic acids is 3. The minimum atomic E-state index is -0.887. The first kappa shape index (κ1) is 25.9. The van der Waals surface area contributed by atoms with Crippen molar-refractivity contribution in [2.75, 3.05) is 0 Å². The molecule has 34 heavy (non-hydrogen) atoms. The van der Waals surface area contributed by atoms with Gasteiger partial charge in [0.05, 0.1) is 11.1 Å². The molecule has 0 aliphatic heterocycles. The number of hydrogen-bond acceptors (Lipinski definition) is 6. The summed E-state index contributed by atoms with van der Waals surface area (Å²) in [5.41, 5.74) is 0.198. The van der Waals surface area contributed by atoms with Gasteiger partial charge in [-0.3, -0.25) is 14.4 Å². The van der Waals surface area contributed by atoms with E-state index in [9.17, 15) is 19.5 Å². The summed E-state index contributed by atoms with van der Waals surface area (Å²) in [6.45, 7) is 7.32. The molecule has 0 bridgehead atoms. The third-order valence-electron chi connectivity index (χ3n) is 6.47. The van der Waals surface area contributed by atoms with E-state index in [1.165, 1.54) is 12.1 Å². The molecule has 2 aromatic rings. The fourth-order valence-corrected chi connectivity index (χ4v) is 4.82. The second kappa shape index (κ2) is 10.7. The molecule has 1 saturated carbocycles. The number of hydrogen-bond donors (Lipinski definition) is 2. The molecule has 0 unspecified atom stereocenters. The van der Waals surface area contributed by atoms with Gasteiger partial charge in [0, 0.05) is 23.8 Å². The van der Waals surface area contributed by atoms with E-state index in [4.69, 9.17) is 16.1 Å². The highest BCUT2D eigenvalue weighted by atomic mass is 35.5. The van der Waals surface area contributed by atoms with Crippen LogP contribution in [0.4, 0.5) is 0 Å². The molecule has 1 heterocycles. The number of benzene rings is 1. The lowest BCUT2D eigenvalue weighted by molar-refractivity contribution is -0.136. The number of phenolic OH excluding ortho intramolecular Hbond substituents is 1. The lowest BCUT2D eigenvalue weighted by Gasteiger charge is -2.30. The van der Waals surface area contributed by atoms with Gasteiger partial charge in [-0.25, -0.2) is 0 Å². The maximum absolute atomic E-state index is 13.6. The summed E-state index contributed by atoms with van der Waals surface area (Å²) in [4.78, 5) is 39.7. The van der Waals surface area contributed by atoms with Gasteiger partial charge in [-0.1, -0.05) is 56.4 Å². The monoisotopic (exact) mass is 488 g/mol. The molecule has 7 nitrogen and oxygen atoms in total. The highest BCUT2D eigenvalue weighted by molar-refractivity contribution is 6.32. The summed E-state index contributed by atoms with van der Waals surface area (Å²) in [5.74, 6) is -0.451. The molecule has 1 aromatic carbocycles. The minimum absolute atomic E-state index is 0.0625. The Bertz CT molecular complexity index is 1050. The number of nitrogens with zero attached hydrogens (tertiary/aromatic N) is 1. The predicted octanol–water partition coefficient (Wildman–Crippen LogP) is 5.06. The van der Waals surface area contributed by atoms with Crippen molar-refractivity contribution in [1.29, 1.82) is 0 Å². The Balaban J connectivity index is 1.86. The predicted molar refractivity (Wildman–Crippen MR) is 129 cm³/mol. The summed E-state index contributed by atoms with van der Waals surface area (Å²) in [6, 6.07) is 5.29. The summed E-state index contributed by atoms with van der Waals surface area (Å²) in [7, 11) is 0. The number of aromatic nitrogens is 1. The van der Waals surface area contributed by atoms with Crippen molar-refractivity contribution in [3.63, 3.8) is 0 Å². The average Bonchev–Trinajstić information content (AvgIpc) is 3.45. The molecule has 1 aromatic heterocycles. The van der Waals surface area contributed by atoms with Crippen LogP contribution in [0.15, 0.2) is 28.8 Å². The Kier molecular flexibility index (Phi) is 8.18. The molecule has 0 radical (unpaired) electrons. The standard InChI is InChI=1S/C26H33ClN2O5/c1-15-11-21(29-34-15)25(33)28-20(13-16-9-10-22(30)19(27)12-16)23(31)14-18(17-7-5-6-8-17)24(32)26(2,3)4/h9-12,17-18,20,30H,5-8,13-14H2,1-4H3,(H,28,33)/t18-,20-/m0/s1. The van der Waals surface area contributed by atoms with E-state index in [-0.39, 0.29) is 52.7 Å². The van der Waals surface area contributed by atoms with Gasteiger partial charge in [0.2, 0.25) is 0 Å². The zero-order valence-electron chi connectivity index (χ0n) is 20.2. The van der Waals surface area contributed by atoms with Gasteiger partial charge in [0.25, 0.3) is 5.91 Å². The fourth-order valence-electron chi connectivity index (χ4n) is 4.61. The van der Waals surface area contributed by atoms with Crippen LogP contribution in [0.2, 0.25) is 5.02 Å². The highest BCUT2D eigenvalue weighted by Gasteiger charge is 2.39. The van der Waals surface area contributed by atoms with Gasteiger partial charge in [-0.05, 0) is 49.8 Å². The van der Waals surface area contributed by atoms with Gasteiger partial charge >= 0.3 is 0 Å². The van der Waals surface area contributed by atoms with Crippen molar-refractivity contribution >= 4 is 29.1 Å². The van der Waals surface area contributed by atoms with Gasteiger partial charge in [-0.2, -0.15) is 0 Å². The van der Waals surface area contributed by atoms with Crippen LogP contribution >= 0.6 is 11.6 Å². The molecule has 1 aliphatic carbocycles. The lowest BCUT2D eigenvalue weighted by Crippen LogP contribution is -2.45. The van der Waals surface area contributed by atoms with Gasteiger partial charge < -0.3 is 14.9 Å². The van der Waals surface area contributed by atoms with Crippen LogP contribution in [-0.4, -0.2) is 33.8 Å². The number of Topliss-reactive ketones (excluding diaryl/α,β-unsaturated/α-hetero) is 2. The lowest BCUT2D eigenvalue weighted by atomic mass is 9.73. The first-order valence-corrected chi connectivity index (χ1v) is 12.1. The van der Waals surface area contributed by atoms with Crippen LogP contribution in [-0.2, 0) is 16.0 Å². The molecular weight excluding hydrogens is 456 g/mol. The number of ketones is 2. The number of halogens is 1. The van der Waals surface area contributed by atoms with Crippen LogP contribution in [0.25, 0.3) is 0 Å². The van der Waals surface area contributed by atoms with Crippen LogP contribution in [0, 0.1) is 24.2 Å². The number of aryl methyl sites for hydroxylation is 1. The van der Waals surface area contributed by atoms with Crippen LogP contribution in [0.3, 0.4) is 0 Å². The number of rotatable bonds is 9. The van der Waals surface area contributed by atoms with Crippen molar-refractivity contribution in [2.45, 2.75) is 72.3 Å². The van der Waals surface area contributed by atoms with E-state index in [1.807, 2.05) is 20.8 Å². The SMILES string of the molecule is Cc1cc(C(=O)N[C@@H](Cc2ccc(O)c(Cl)c2)C(=O)C[C@H](C(=O)C(C)(C)C)C2CCCC2)no1. The van der Waals surface area contributed by atoms with E-state index in [0.29, 0.717) is 11.3 Å². The molecular formula is C26H33ClN2O5. The van der Waals surface area contributed by atoms with E-state index < -0.39 is 17.4 Å². The van der Waals surface area contributed by atoms with Crippen molar-refractivity contribution < 1.29 is 24.0 Å². The first-order valence-electron chi connectivity index (χ1n) is 11.7. The van der Waals surface area contributed by atoms with E-state index >= 15 is 0 Å². The number of amides is 1. The third kappa shape index (κ3) is 6.47. The van der Waals surface area contributed by atoms with E-state index in [0.717, 1.165) is 25.7 Å². The largest absolute Gasteiger partial charge is 0.506 e. The molecule has 0 saturated heterocycles. The van der Waals surface area contributed by atoms with Crippen molar-refractivity contribution in [3.8, 4) is 5.75 Å². The normalized spacial score (nSPS) is 16.3. The molecule has 2 N–H and O–H groups in total. The molecule has 1 fully saturated rings. The third-order valence-corrected chi connectivity index (χ3v) is 6.78. The van der Waals surface area contributed by atoms with Crippen molar-refractivity contribution in [3.05, 3.63) is 46.3 Å². The van der Waals surface area contributed by atoms with E-state index in [2.05, 4.69) is 10.5 Å². The van der Waals surface area contributed by atoms with Gasteiger partial charge in [-0.15, -0.1) is 0 Å². The molecule has 184 valence electrons. The molecule has 0 spiro atoms. The van der Waals surface area contributed by atoms with Gasteiger partial charge in [0.1, 0.15) is 17.3 Å². The average molecular weight is 489 g/mol. The second-order valence-corrected chi connectivity index (χ2v) is 10.7. The first-order chi connectivity index (χ1) is 16.0. The number of phenols is 1. The fraction of sp³-hybridized carbons (Fsp3) is 0.538. The maximum atomic E-state index is 13.6. The van der Waals surface area contributed by atoms with Gasteiger partial charge in [0.15, 0.2) is 11.5 Å². The second-order valence-electron chi connectivity index (χ2n) is 10.3. The van der Waals surface area contributed by atoms with Crippen LogP contribution in [0.1, 0.15) is 74.7 Å². The van der Waals surface area contributed by atoms with Crippen LogP contribution < -0.4 is 5.32 Å². The minimum Gasteiger partial charge on any atom is -0.506 e. The topological polar surface area (TPSA) is 110 Å². The Morgan fingerprint density at radius 2 is 1.88 bits per heavy atom. The zero-order valence-corrected chi connectivity index (χ0v) is 20.9. The molecule has 1 amide bonds. The number of nitrogens with one attached hydrogen (secondary N) is 1. The summed E-state index contributed by atoms with van der Waals surface area (Å²) in [6.07, 6.45) is 4.22. The van der Waals surface area contributed by atoms with Crippen molar-refractivity contribution in [2.24, 2.45) is 17.3 Å². The maximum Gasteiger partial charge on any atom is 0.274 e. The van der Waals surface area contributed by atoms with Crippen molar-refractivity contribution in [1.82, 2.24) is 10.5 Å². The quantitative estimate of drug-likeness (QED) is 0.510. The Hall–Kier alpha value is -2.67. The smallest absolute Gasteiger partial charge is 0.274 e. The zero-order chi connectivity index (χ0) is 25.0. The molecule has 1 aliphatic rings. The summed E-state index contributed by atoms with van der Waals surface area (Å²) < 4.78 is 4.99. The Morgan fingerprint density at radius 1 is 1.21 bits per heavy atom. The summed E-state index contributed by atoms with van der Waals surface area (Å²) in [5, 5.41) is 16.4. The number of aromatic hydroxyl groups is 1. The molecule has 8 heteroatoms. The molecule has 3 rings (SSSR count). The Labute approximate surface area is 205 Å².